The Kier molecular flexibility index (Phi) is 4.40. The smallest absolute Gasteiger partial charge is 0.127 e. The molecule has 1 aliphatic heterocycles. The summed E-state index contributed by atoms with van der Waals surface area (Å²) < 4.78 is 38.7. The van der Waals surface area contributed by atoms with Crippen molar-refractivity contribution in [2.75, 3.05) is 13.7 Å². The van der Waals surface area contributed by atoms with Crippen LogP contribution in [0.1, 0.15) is 22.3 Å². The predicted octanol–water partition coefficient (Wildman–Crippen LogP) is 5.63. The number of aryl methyl sites for hydroxylation is 1. The molecule has 0 aliphatic carbocycles. The Labute approximate surface area is 156 Å². The van der Waals surface area contributed by atoms with Crippen LogP contribution in [0.4, 0.5) is 8.78 Å². The van der Waals surface area contributed by atoms with Crippen LogP contribution in [-0.2, 0) is 0 Å². The van der Waals surface area contributed by atoms with Gasteiger partial charge in [0.1, 0.15) is 29.7 Å². The molecular weight excluding hydrogens is 346 g/mol. The van der Waals surface area contributed by atoms with Gasteiger partial charge in [0.15, 0.2) is 0 Å². The molecule has 4 rings (SSSR count). The predicted molar refractivity (Wildman–Crippen MR) is 102 cm³/mol. The number of benzene rings is 3. The largest absolute Gasteiger partial charge is 0.497 e. The van der Waals surface area contributed by atoms with Gasteiger partial charge in [0, 0.05) is 11.1 Å². The molecule has 0 unspecified atom stereocenters. The Hall–Kier alpha value is -3.14. The fraction of sp³-hybridized carbons (Fsp3) is 0.130. The molecule has 2 nitrogen and oxygen atoms in total. The first-order valence-corrected chi connectivity index (χ1v) is 8.63. The third kappa shape index (κ3) is 3.19. The third-order valence-electron chi connectivity index (χ3n) is 4.77. The Morgan fingerprint density at radius 3 is 2.37 bits per heavy atom. The quantitative estimate of drug-likeness (QED) is 0.599. The van der Waals surface area contributed by atoms with Crippen LogP contribution in [0.2, 0.25) is 0 Å². The standard InChI is InChI=1S/C23H18F2O2/c1-14-11-16(5-9-21(14)25)23(15-3-7-18(26-2)8-4-15)20-13-27-22-10-6-17(24)12-19(20)22/h3-12H,13H2,1-2H3/b23-20-. The summed E-state index contributed by atoms with van der Waals surface area (Å²) in [5.41, 5.74) is 4.83. The van der Waals surface area contributed by atoms with Gasteiger partial charge in [-0.2, -0.15) is 0 Å². The van der Waals surface area contributed by atoms with E-state index in [9.17, 15) is 8.78 Å². The lowest BCUT2D eigenvalue weighted by molar-refractivity contribution is 0.388. The maximum atomic E-state index is 13.9. The molecule has 0 saturated heterocycles. The Bertz CT molecular complexity index is 1040. The number of fused-ring (bicyclic) bond motifs is 1. The number of methoxy groups -OCH3 is 1. The molecule has 0 N–H and O–H groups in total. The summed E-state index contributed by atoms with van der Waals surface area (Å²) in [7, 11) is 1.61. The van der Waals surface area contributed by atoms with Crippen molar-refractivity contribution in [1.29, 1.82) is 0 Å². The van der Waals surface area contributed by atoms with Crippen LogP contribution in [0.15, 0.2) is 60.7 Å². The second kappa shape index (κ2) is 6.88. The van der Waals surface area contributed by atoms with Gasteiger partial charge in [-0.25, -0.2) is 8.78 Å². The average molecular weight is 364 g/mol. The molecule has 136 valence electrons. The van der Waals surface area contributed by atoms with Gasteiger partial charge < -0.3 is 9.47 Å². The summed E-state index contributed by atoms with van der Waals surface area (Å²) in [6, 6.07) is 17.1. The topological polar surface area (TPSA) is 18.5 Å². The van der Waals surface area contributed by atoms with E-state index in [1.807, 2.05) is 24.3 Å². The van der Waals surface area contributed by atoms with E-state index in [0.717, 1.165) is 33.6 Å². The highest BCUT2D eigenvalue weighted by Crippen LogP contribution is 2.41. The molecule has 3 aromatic carbocycles. The van der Waals surface area contributed by atoms with E-state index in [-0.39, 0.29) is 11.6 Å². The number of hydrogen-bond donors (Lipinski definition) is 0. The molecule has 4 heteroatoms. The van der Waals surface area contributed by atoms with Crippen molar-refractivity contribution < 1.29 is 18.3 Å². The summed E-state index contributed by atoms with van der Waals surface area (Å²) in [6.45, 7) is 2.06. The number of rotatable bonds is 3. The fourth-order valence-electron chi connectivity index (χ4n) is 3.37. The highest BCUT2D eigenvalue weighted by molar-refractivity contribution is 6.01. The first kappa shape index (κ1) is 17.3. The number of ether oxygens (including phenoxy) is 2. The van der Waals surface area contributed by atoms with E-state index in [1.165, 1.54) is 18.2 Å². The van der Waals surface area contributed by atoms with Crippen LogP contribution in [0.5, 0.6) is 11.5 Å². The summed E-state index contributed by atoms with van der Waals surface area (Å²) >= 11 is 0. The Morgan fingerprint density at radius 1 is 0.926 bits per heavy atom. The number of halogens is 2. The van der Waals surface area contributed by atoms with Gasteiger partial charge >= 0.3 is 0 Å². The lowest BCUT2D eigenvalue weighted by Gasteiger charge is -2.14. The summed E-state index contributed by atoms with van der Waals surface area (Å²) in [5.74, 6) is 0.816. The zero-order valence-electron chi connectivity index (χ0n) is 15.1. The van der Waals surface area contributed by atoms with E-state index < -0.39 is 0 Å². The van der Waals surface area contributed by atoms with Gasteiger partial charge in [-0.15, -0.1) is 0 Å². The minimum absolute atomic E-state index is 0.257. The van der Waals surface area contributed by atoms with Crippen molar-refractivity contribution in [3.8, 4) is 11.5 Å². The molecule has 0 radical (unpaired) electrons. The van der Waals surface area contributed by atoms with Crippen molar-refractivity contribution in [2.45, 2.75) is 6.92 Å². The zero-order valence-corrected chi connectivity index (χ0v) is 15.1. The molecule has 0 bridgehead atoms. The van der Waals surface area contributed by atoms with Gasteiger partial charge in [0.2, 0.25) is 0 Å². The summed E-state index contributed by atoms with van der Waals surface area (Å²) in [6.07, 6.45) is 0. The van der Waals surface area contributed by atoms with Crippen LogP contribution < -0.4 is 9.47 Å². The SMILES string of the molecule is COc1ccc(/C(=C2\COc3ccc(F)cc32)c2ccc(F)c(C)c2)cc1. The van der Waals surface area contributed by atoms with Crippen molar-refractivity contribution in [1.82, 2.24) is 0 Å². The van der Waals surface area contributed by atoms with Crippen molar-refractivity contribution in [3.05, 3.63) is 94.6 Å². The van der Waals surface area contributed by atoms with Gasteiger partial charge in [-0.1, -0.05) is 18.2 Å². The van der Waals surface area contributed by atoms with Crippen molar-refractivity contribution in [3.63, 3.8) is 0 Å². The highest BCUT2D eigenvalue weighted by atomic mass is 19.1. The summed E-state index contributed by atoms with van der Waals surface area (Å²) in [4.78, 5) is 0. The minimum atomic E-state index is -0.318. The Balaban J connectivity index is 1.97. The fourth-order valence-corrected chi connectivity index (χ4v) is 3.37. The van der Waals surface area contributed by atoms with E-state index in [1.54, 1.807) is 32.2 Å². The lowest BCUT2D eigenvalue weighted by atomic mass is 9.89. The maximum absolute atomic E-state index is 13.9. The first-order valence-electron chi connectivity index (χ1n) is 8.63. The van der Waals surface area contributed by atoms with E-state index in [2.05, 4.69) is 0 Å². The lowest BCUT2D eigenvalue weighted by Crippen LogP contribution is -1.98. The van der Waals surface area contributed by atoms with Gasteiger partial charge in [-0.3, -0.25) is 0 Å². The normalized spacial score (nSPS) is 14.5. The highest BCUT2D eigenvalue weighted by Gasteiger charge is 2.24. The van der Waals surface area contributed by atoms with Gasteiger partial charge in [0.25, 0.3) is 0 Å². The second-order valence-corrected chi connectivity index (χ2v) is 6.48. The summed E-state index contributed by atoms with van der Waals surface area (Å²) in [5, 5.41) is 0. The van der Waals surface area contributed by atoms with E-state index in [0.29, 0.717) is 17.9 Å². The van der Waals surface area contributed by atoms with Crippen LogP contribution in [0, 0.1) is 18.6 Å². The molecule has 1 heterocycles. The molecule has 27 heavy (non-hydrogen) atoms. The minimum Gasteiger partial charge on any atom is -0.497 e. The molecule has 0 aromatic heterocycles. The Morgan fingerprint density at radius 2 is 1.67 bits per heavy atom. The van der Waals surface area contributed by atoms with E-state index >= 15 is 0 Å². The van der Waals surface area contributed by atoms with Crippen LogP contribution in [0.25, 0.3) is 11.1 Å². The molecule has 0 fully saturated rings. The van der Waals surface area contributed by atoms with E-state index in [4.69, 9.17) is 9.47 Å². The number of hydrogen-bond acceptors (Lipinski definition) is 2. The van der Waals surface area contributed by atoms with Crippen molar-refractivity contribution >= 4 is 11.1 Å². The zero-order chi connectivity index (χ0) is 19.0. The average Bonchev–Trinajstić information content (AvgIpc) is 3.08. The van der Waals surface area contributed by atoms with Crippen LogP contribution in [0.3, 0.4) is 0 Å². The molecule has 0 atom stereocenters. The van der Waals surface area contributed by atoms with Crippen LogP contribution >= 0.6 is 0 Å². The van der Waals surface area contributed by atoms with Crippen LogP contribution in [-0.4, -0.2) is 13.7 Å². The first-order chi connectivity index (χ1) is 13.1. The van der Waals surface area contributed by atoms with Gasteiger partial charge in [-0.05, 0) is 71.7 Å². The monoisotopic (exact) mass is 364 g/mol. The molecular formula is C23H18F2O2. The molecule has 0 amide bonds. The molecule has 0 saturated carbocycles. The second-order valence-electron chi connectivity index (χ2n) is 6.48. The third-order valence-corrected chi connectivity index (χ3v) is 4.77. The van der Waals surface area contributed by atoms with Crippen molar-refractivity contribution in [2.24, 2.45) is 0 Å². The molecule has 1 aliphatic rings. The maximum Gasteiger partial charge on any atom is 0.127 e. The molecule has 0 spiro atoms. The van der Waals surface area contributed by atoms with Gasteiger partial charge in [0.05, 0.1) is 7.11 Å². The molecule has 3 aromatic rings.